The lowest BCUT2D eigenvalue weighted by molar-refractivity contribution is -0.116. The normalized spacial score (nSPS) is 11.1. The van der Waals surface area contributed by atoms with Crippen LogP contribution in [0.25, 0.3) is 22.2 Å². The molecule has 1 amide bonds. The van der Waals surface area contributed by atoms with Crippen LogP contribution in [0.1, 0.15) is 16.8 Å². The molecule has 0 saturated carbocycles. The van der Waals surface area contributed by atoms with Crippen molar-refractivity contribution in [1.82, 2.24) is 24.5 Å². The van der Waals surface area contributed by atoms with Crippen molar-refractivity contribution in [2.24, 2.45) is 0 Å². The van der Waals surface area contributed by atoms with Gasteiger partial charge in [0.15, 0.2) is 5.65 Å². The Labute approximate surface area is 202 Å². The van der Waals surface area contributed by atoms with Gasteiger partial charge in [0.25, 0.3) is 0 Å². The van der Waals surface area contributed by atoms with Crippen LogP contribution < -0.4 is 5.32 Å². The molecule has 0 aliphatic carbocycles. The van der Waals surface area contributed by atoms with Crippen LogP contribution in [-0.4, -0.2) is 30.5 Å². The van der Waals surface area contributed by atoms with Crippen LogP contribution in [0.15, 0.2) is 73.2 Å². The smallest absolute Gasteiger partial charge is 0.246 e. The highest BCUT2D eigenvalue weighted by molar-refractivity contribution is 6.30. The monoisotopic (exact) mass is 470 g/mol. The highest BCUT2D eigenvalue weighted by Gasteiger charge is 2.16. The first kappa shape index (κ1) is 21.9. The number of aryl methyl sites for hydroxylation is 2. The number of amides is 1. The quantitative estimate of drug-likeness (QED) is 0.367. The highest BCUT2D eigenvalue weighted by atomic mass is 35.5. The molecule has 0 aliphatic rings. The molecular weight excluding hydrogens is 448 g/mol. The molecule has 0 radical (unpaired) electrons. The SMILES string of the molecule is Cc1cccc(-c2ccnc3c2c(C)nn3CC(=O)Nc2cccc(Cn3cc(Cl)cn3)c2)c1. The van der Waals surface area contributed by atoms with Gasteiger partial charge in [-0.1, -0.05) is 53.6 Å². The molecule has 3 aromatic heterocycles. The Kier molecular flexibility index (Phi) is 5.86. The molecule has 34 heavy (non-hydrogen) atoms. The third-order valence-corrected chi connectivity index (χ3v) is 5.78. The zero-order chi connectivity index (χ0) is 23.7. The van der Waals surface area contributed by atoms with Crippen LogP contribution >= 0.6 is 11.6 Å². The van der Waals surface area contributed by atoms with Crippen molar-refractivity contribution in [3.63, 3.8) is 0 Å². The van der Waals surface area contributed by atoms with Gasteiger partial charge in [0, 0.05) is 23.5 Å². The molecular formula is C26H23ClN6O. The summed E-state index contributed by atoms with van der Waals surface area (Å²) in [6.07, 6.45) is 5.12. The fourth-order valence-corrected chi connectivity index (χ4v) is 4.30. The van der Waals surface area contributed by atoms with E-state index in [0.717, 1.165) is 27.8 Å². The van der Waals surface area contributed by atoms with Gasteiger partial charge in [-0.05, 0) is 48.7 Å². The zero-order valence-corrected chi connectivity index (χ0v) is 19.6. The molecule has 0 atom stereocenters. The first-order valence-corrected chi connectivity index (χ1v) is 11.3. The number of nitrogens with zero attached hydrogens (tertiary/aromatic N) is 5. The van der Waals surface area contributed by atoms with Gasteiger partial charge in [-0.2, -0.15) is 10.2 Å². The minimum atomic E-state index is -0.175. The number of aromatic nitrogens is 5. The minimum absolute atomic E-state index is 0.0631. The largest absolute Gasteiger partial charge is 0.324 e. The van der Waals surface area contributed by atoms with Crippen molar-refractivity contribution in [2.45, 2.75) is 26.9 Å². The van der Waals surface area contributed by atoms with Crippen LogP contribution in [0.4, 0.5) is 5.69 Å². The number of anilines is 1. The molecule has 5 aromatic rings. The van der Waals surface area contributed by atoms with Crippen molar-refractivity contribution in [1.29, 1.82) is 0 Å². The Morgan fingerprint density at radius 1 is 1.09 bits per heavy atom. The van der Waals surface area contributed by atoms with Gasteiger partial charge in [-0.25, -0.2) is 9.67 Å². The van der Waals surface area contributed by atoms with Crippen molar-refractivity contribution >= 4 is 34.2 Å². The summed E-state index contributed by atoms with van der Waals surface area (Å²) in [6.45, 7) is 4.64. The Hall–Kier alpha value is -3.97. The fourth-order valence-electron chi connectivity index (χ4n) is 4.14. The standard InChI is InChI=1S/C26H23ClN6O/c1-17-5-3-7-20(11-17)23-9-10-28-26-25(23)18(2)31-33(26)16-24(34)30-22-8-4-6-19(12-22)14-32-15-21(27)13-29-32/h3-13,15H,14,16H2,1-2H3,(H,30,34). The van der Waals surface area contributed by atoms with Crippen molar-refractivity contribution in [3.05, 3.63) is 95.0 Å². The van der Waals surface area contributed by atoms with Crippen molar-refractivity contribution in [3.8, 4) is 11.1 Å². The van der Waals surface area contributed by atoms with E-state index in [-0.39, 0.29) is 12.5 Å². The van der Waals surface area contributed by atoms with E-state index in [9.17, 15) is 4.79 Å². The molecule has 8 heteroatoms. The lowest BCUT2D eigenvalue weighted by Crippen LogP contribution is -2.20. The van der Waals surface area contributed by atoms with E-state index < -0.39 is 0 Å². The lowest BCUT2D eigenvalue weighted by atomic mass is 10.0. The van der Waals surface area contributed by atoms with Gasteiger partial charge in [0.1, 0.15) is 6.54 Å². The number of pyridine rings is 1. The molecule has 3 heterocycles. The summed E-state index contributed by atoms with van der Waals surface area (Å²) >= 11 is 5.94. The molecule has 5 rings (SSSR count). The van der Waals surface area contributed by atoms with Gasteiger partial charge in [0.05, 0.1) is 23.5 Å². The van der Waals surface area contributed by atoms with Crippen LogP contribution in [0.5, 0.6) is 0 Å². The molecule has 0 fully saturated rings. The fraction of sp³-hybridized carbons (Fsp3) is 0.154. The van der Waals surface area contributed by atoms with E-state index in [2.05, 4.69) is 45.6 Å². The molecule has 0 unspecified atom stereocenters. The average molecular weight is 471 g/mol. The maximum absolute atomic E-state index is 12.9. The van der Waals surface area contributed by atoms with Gasteiger partial charge >= 0.3 is 0 Å². The number of benzene rings is 2. The Morgan fingerprint density at radius 2 is 1.94 bits per heavy atom. The summed E-state index contributed by atoms with van der Waals surface area (Å²) in [5.74, 6) is -0.175. The lowest BCUT2D eigenvalue weighted by Gasteiger charge is -2.09. The molecule has 0 bridgehead atoms. The third-order valence-electron chi connectivity index (χ3n) is 5.59. The number of fused-ring (bicyclic) bond motifs is 1. The van der Waals surface area contributed by atoms with Crippen molar-refractivity contribution < 1.29 is 4.79 Å². The second-order valence-electron chi connectivity index (χ2n) is 8.27. The molecule has 0 spiro atoms. The Balaban J connectivity index is 1.36. The molecule has 2 aromatic carbocycles. The van der Waals surface area contributed by atoms with Gasteiger partial charge in [-0.15, -0.1) is 0 Å². The number of carbonyl (C=O) groups is 1. The second-order valence-corrected chi connectivity index (χ2v) is 8.71. The van der Waals surface area contributed by atoms with Gasteiger partial charge in [-0.3, -0.25) is 9.48 Å². The first-order chi connectivity index (χ1) is 16.5. The van der Waals surface area contributed by atoms with E-state index in [0.29, 0.717) is 22.9 Å². The predicted octanol–water partition coefficient (Wildman–Crippen LogP) is 5.25. The second kappa shape index (κ2) is 9.11. The summed E-state index contributed by atoms with van der Waals surface area (Å²) in [5, 5.41) is 13.3. The average Bonchev–Trinajstić information content (AvgIpc) is 3.36. The number of halogens is 1. The van der Waals surface area contributed by atoms with Gasteiger partial charge in [0.2, 0.25) is 5.91 Å². The molecule has 1 N–H and O–H groups in total. The molecule has 0 saturated heterocycles. The molecule has 7 nitrogen and oxygen atoms in total. The van der Waals surface area contributed by atoms with Crippen LogP contribution in [0, 0.1) is 13.8 Å². The number of nitrogens with one attached hydrogen (secondary N) is 1. The Morgan fingerprint density at radius 3 is 2.74 bits per heavy atom. The summed E-state index contributed by atoms with van der Waals surface area (Å²) in [4.78, 5) is 17.4. The van der Waals surface area contributed by atoms with E-state index in [1.54, 1.807) is 28.0 Å². The number of carbonyl (C=O) groups excluding carboxylic acids is 1. The Bertz CT molecular complexity index is 1500. The van der Waals surface area contributed by atoms with Crippen molar-refractivity contribution in [2.75, 3.05) is 5.32 Å². The van der Waals surface area contributed by atoms with Crippen LogP contribution in [0.3, 0.4) is 0 Å². The van der Waals surface area contributed by atoms with E-state index in [4.69, 9.17) is 11.6 Å². The van der Waals surface area contributed by atoms with E-state index in [1.807, 2.05) is 43.3 Å². The zero-order valence-electron chi connectivity index (χ0n) is 18.9. The third kappa shape index (κ3) is 4.56. The van der Waals surface area contributed by atoms with Crippen LogP contribution in [0.2, 0.25) is 5.02 Å². The summed E-state index contributed by atoms with van der Waals surface area (Å²) in [7, 11) is 0. The maximum Gasteiger partial charge on any atom is 0.246 e. The molecule has 170 valence electrons. The molecule has 0 aliphatic heterocycles. The minimum Gasteiger partial charge on any atom is -0.324 e. The maximum atomic E-state index is 12.9. The predicted molar refractivity (Wildman–Crippen MR) is 134 cm³/mol. The highest BCUT2D eigenvalue weighted by Crippen LogP contribution is 2.30. The first-order valence-electron chi connectivity index (χ1n) is 10.9. The number of hydrogen-bond acceptors (Lipinski definition) is 4. The summed E-state index contributed by atoms with van der Waals surface area (Å²) < 4.78 is 3.41. The van der Waals surface area contributed by atoms with E-state index >= 15 is 0 Å². The number of hydrogen-bond donors (Lipinski definition) is 1. The van der Waals surface area contributed by atoms with E-state index in [1.165, 1.54) is 5.56 Å². The topological polar surface area (TPSA) is 77.6 Å². The van der Waals surface area contributed by atoms with Crippen LogP contribution in [-0.2, 0) is 17.9 Å². The summed E-state index contributed by atoms with van der Waals surface area (Å²) in [6, 6.07) is 18.0. The number of rotatable bonds is 6. The van der Waals surface area contributed by atoms with Gasteiger partial charge < -0.3 is 5.32 Å². The summed E-state index contributed by atoms with van der Waals surface area (Å²) in [5.41, 5.74) is 6.59.